The average molecular weight is 337 g/mol. The number of carbonyl (C=O) groups excluding carboxylic acids is 2. The van der Waals surface area contributed by atoms with Crippen LogP contribution in [0.5, 0.6) is 0 Å². The van der Waals surface area contributed by atoms with Gasteiger partial charge in [-0.3, -0.25) is 9.59 Å². The van der Waals surface area contributed by atoms with E-state index in [1.807, 2.05) is 30.9 Å². The number of nitrogens with one attached hydrogen (secondary N) is 1. The van der Waals surface area contributed by atoms with E-state index in [-0.39, 0.29) is 17.7 Å². The number of anilines is 1. The summed E-state index contributed by atoms with van der Waals surface area (Å²) < 4.78 is 0. The van der Waals surface area contributed by atoms with E-state index in [0.29, 0.717) is 24.5 Å². The van der Waals surface area contributed by atoms with Gasteiger partial charge in [0, 0.05) is 30.8 Å². The number of rotatable bonds is 3. The van der Waals surface area contributed by atoms with Gasteiger partial charge < -0.3 is 10.2 Å². The Morgan fingerprint density at radius 3 is 2.32 bits per heavy atom. The van der Waals surface area contributed by atoms with Gasteiger partial charge in [-0.25, -0.2) is 4.98 Å². The first-order valence-electron chi connectivity index (χ1n) is 8.67. The molecule has 1 aliphatic rings. The summed E-state index contributed by atoms with van der Waals surface area (Å²) in [5, 5.41) is 2.75. The minimum atomic E-state index is -0.134. The van der Waals surface area contributed by atoms with E-state index < -0.39 is 0 Å². The van der Waals surface area contributed by atoms with Crippen LogP contribution in [0.1, 0.15) is 35.3 Å². The van der Waals surface area contributed by atoms with Gasteiger partial charge in [0.1, 0.15) is 5.82 Å². The Labute approximate surface area is 148 Å². The normalized spacial score (nSPS) is 14.0. The van der Waals surface area contributed by atoms with Gasteiger partial charge in [0.2, 0.25) is 5.91 Å². The third-order valence-corrected chi connectivity index (χ3v) is 4.49. The fraction of sp³-hybridized carbons (Fsp3) is 0.350. The number of nitrogens with zero attached hydrogens (tertiary/aromatic N) is 2. The van der Waals surface area contributed by atoms with Crippen LogP contribution in [0.15, 0.2) is 42.6 Å². The zero-order valence-corrected chi connectivity index (χ0v) is 14.7. The van der Waals surface area contributed by atoms with E-state index in [2.05, 4.69) is 22.4 Å². The van der Waals surface area contributed by atoms with Crippen molar-refractivity contribution in [2.75, 3.05) is 18.4 Å². The van der Waals surface area contributed by atoms with Crippen LogP contribution in [0.3, 0.4) is 0 Å². The lowest BCUT2D eigenvalue weighted by molar-refractivity contribution is -0.118. The zero-order valence-electron chi connectivity index (χ0n) is 14.7. The molecular weight excluding hydrogens is 314 g/mol. The summed E-state index contributed by atoms with van der Waals surface area (Å²) in [7, 11) is 0. The van der Waals surface area contributed by atoms with Crippen molar-refractivity contribution in [3.8, 4) is 0 Å². The van der Waals surface area contributed by atoms with Crippen molar-refractivity contribution in [1.82, 2.24) is 9.88 Å². The Balaban J connectivity index is 1.72. The molecule has 0 saturated carbocycles. The highest BCUT2D eigenvalue weighted by molar-refractivity contribution is 5.96. The summed E-state index contributed by atoms with van der Waals surface area (Å²) in [5.74, 6) is 0.158. The molecule has 0 spiro atoms. The fourth-order valence-electron chi connectivity index (χ4n) is 2.96. The lowest BCUT2D eigenvalue weighted by atomic mass is 10.0. The second-order valence-electron chi connectivity index (χ2n) is 6.63. The molecule has 1 N–H and O–H groups in total. The second-order valence-corrected chi connectivity index (χ2v) is 6.63. The lowest BCUT2D eigenvalue weighted by Crippen LogP contribution is -2.33. The van der Waals surface area contributed by atoms with Crippen LogP contribution < -0.4 is 5.32 Å². The van der Waals surface area contributed by atoms with Gasteiger partial charge in [-0.15, -0.1) is 0 Å². The molecule has 0 radical (unpaired) electrons. The smallest absolute Gasteiger partial charge is 0.254 e. The Kier molecular flexibility index (Phi) is 5.12. The van der Waals surface area contributed by atoms with Crippen LogP contribution in [0.2, 0.25) is 0 Å². The van der Waals surface area contributed by atoms with Gasteiger partial charge in [-0.2, -0.15) is 0 Å². The van der Waals surface area contributed by atoms with Crippen molar-refractivity contribution in [2.24, 2.45) is 5.92 Å². The van der Waals surface area contributed by atoms with Gasteiger partial charge in [0.15, 0.2) is 0 Å². The van der Waals surface area contributed by atoms with E-state index in [1.54, 1.807) is 18.3 Å². The highest BCUT2D eigenvalue weighted by Gasteiger charge is 2.20. The maximum absolute atomic E-state index is 12.9. The molecule has 0 unspecified atom stereocenters. The Morgan fingerprint density at radius 1 is 1.08 bits per heavy atom. The highest BCUT2D eigenvalue weighted by atomic mass is 16.2. The quantitative estimate of drug-likeness (QED) is 0.937. The summed E-state index contributed by atoms with van der Waals surface area (Å²) in [6.07, 6.45) is 3.30. The minimum absolute atomic E-state index is 0.0183. The average Bonchev–Trinajstić information content (AvgIpc) is 2.84. The van der Waals surface area contributed by atoms with Crippen LogP contribution in [-0.2, 0) is 17.6 Å². The summed E-state index contributed by atoms with van der Waals surface area (Å²) in [4.78, 5) is 30.7. The molecule has 3 rings (SSSR count). The largest absolute Gasteiger partial charge is 0.338 e. The molecule has 0 atom stereocenters. The van der Waals surface area contributed by atoms with Gasteiger partial charge in [0.05, 0.1) is 0 Å². The third-order valence-electron chi connectivity index (χ3n) is 4.49. The molecule has 5 heteroatoms. The van der Waals surface area contributed by atoms with Crippen LogP contribution in [0, 0.1) is 5.92 Å². The molecule has 0 saturated heterocycles. The van der Waals surface area contributed by atoms with Crippen molar-refractivity contribution in [3.05, 3.63) is 59.3 Å². The molecule has 2 heterocycles. The number of benzene rings is 1. The maximum atomic E-state index is 12.9. The van der Waals surface area contributed by atoms with Gasteiger partial charge >= 0.3 is 0 Å². The SMILES string of the molecule is CC(C)C(=O)Nc1cc(C(=O)N2CCc3ccccc3CC2)ccn1. The number of aromatic nitrogens is 1. The molecule has 5 nitrogen and oxygen atoms in total. The predicted octanol–water partition coefficient (Wildman–Crippen LogP) is 2.92. The van der Waals surface area contributed by atoms with Crippen molar-refractivity contribution < 1.29 is 9.59 Å². The van der Waals surface area contributed by atoms with E-state index >= 15 is 0 Å². The first kappa shape index (κ1) is 17.1. The fourth-order valence-corrected chi connectivity index (χ4v) is 2.96. The van der Waals surface area contributed by atoms with Crippen LogP contribution >= 0.6 is 0 Å². The Hall–Kier alpha value is -2.69. The van der Waals surface area contributed by atoms with Crippen LogP contribution in [0.25, 0.3) is 0 Å². The molecule has 2 aromatic rings. The second kappa shape index (κ2) is 7.47. The van der Waals surface area contributed by atoms with Gasteiger partial charge in [0.25, 0.3) is 5.91 Å². The van der Waals surface area contributed by atoms with Crippen LogP contribution in [-0.4, -0.2) is 34.8 Å². The molecule has 1 aliphatic heterocycles. The molecular formula is C20H23N3O2. The molecule has 1 aromatic heterocycles. The third kappa shape index (κ3) is 4.05. The molecule has 2 amide bonds. The number of carbonyl (C=O) groups is 2. The van der Waals surface area contributed by atoms with E-state index in [1.165, 1.54) is 11.1 Å². The Morgan fingerprint density at radius 2 is 1.72 bits per heavy atom. The van der Waals surface area contributed by atoms with E-state index in [9.17, 15) is 9.59 Å². The summed E-state index contributed by atoms with van der Waals surface area (Å²) in [5.41, 5.74) is 3.19. The van der Waals surface area contributed by atoms with Crippen molar-refractivity contribution in [2.45, 2.75) is 26.7 Å². The molecule has 0 fully saturated rings. The molecule has 0 aliphatic carbocycles. The van der Waals surface area contributed by atoms with Crippen LogP contribution in [0.4, 0.5) is 5.82 Å². The lowest BCUT2D eigenvalue weighted by Gasteiger charge is -2.20. The summed E-state index contributed by atoms with van der Waals surface area (Å²) in [6, 6.07) is 11.7. The first-order valence-corrected chi connectivity index (χ1v) is 8.67. The minimum Gasteiger partial charge on any atom is -0.338 e. The Bertz CT molecular complexity index is 759. The van der Waals surface area contributed by atoms with Crippen molar-refractivity contribution in [3.63, 3.8) is 0 Å². The number of hydrogen-bond acceptors (Lipinski definition) is 3. The summed E-state index contributed by atoms with van der Waals surface area (Å²) in [6.45, 7) is 5.04. The predicted molar refractivity (Wildman–Crippen MR) is 97.5 cm³/mol. The molecule has 130 valence electrons. The zero-order chi connectivity index (χ0) is 17.8. The first-order chi connectivity index (χ1) is 12.0. The molecule has 25 heavy (non-hydrogen) atoms. The molecule has 0 bridgehead atoms. The monoisotopic (exact) mass is 337 g/mol. The highest BCUT2D eigenvalue weighted by Crippen LogP contribution is 2.18. The number of hydrogen-bond donors (Lipinski definition) is 1. The maximum Gasteiger partial charge on any atom is 0.254 e. The number of pyridine rings is 1. The van der Waals surface area contributed by atoms with Crippen molar-refractivity contribution in [1.29, 1.82) is 0 Å². The van der Waals surface area contributed by atoms with E-state index in [4.69, 9.17) is 0 Å². The molecule has 1 aromatic carbocycles. The summed E-state index contributed by atoms with van der Waals surface area (Å²) >= 11 is 0. The van der Waals surface area contributed by atoms with Crippen molar-refractivity contribution >= 4 is 17.6 Å². The number of fused-ring (bicyclic) bond motifs is 1. The topological polar surface area (TPSA) is 62.3 Å². The number of amides is 2. The standard InChI is InChI=1S/C20H23N3O2/c1-14(2)19(24)22-18-13-17(7-10-21-18)20(25)23-11-8-15-5-3-4-6-16(15)9-12-23/h3-7,10,13-14H,8-9,11-12H2,1-2H3,(H,21,22,24). The van der Waals surface area contributed by atoms with Gasteiger partial charge in [-0.05, 0) is 36.1 Å². The van der Waals surface area contributed by atoms with E-state index in [0.717, 1.165) is 12.8 Å². The van der Waals surface area contributed by atoms with Gasteiger partial charge in [-0.1, -0.05) is 38.1 Å².